The van der Waals surface area contributed by atoms with Crippen LogP contribution in [0.25, 0.3) is 0 Å². The molecule has 0 spiro atoms. The largest absolute Gasteiger partial charge is 0.352 e. The zero-order valence-corrected chi connectivity index (χ0v) is 14.4. The quantitative estimate of drug-likeness (QED) is 0.580. The van der Waals surface area contributed by atoms with Crippen LogP contribution in [0.2, 0.25) is 4.34 Å². The molecule has 1 saturated carbocycles. The summed E-state index contributed by atoms with van der Waals surface area (Å²) in [6.45, 7) is 2.91. The molecule has 1 aromatic rings. The Morgan fingerprint density at radius 3 is 2.62 bits per heavy atom. The summed E-state index contributed by atoms with van der Waals surface area (Å²) in [5.74, 6) is 0.874. The second-order valence-electron chi connectivity index (χ2n) is 5.32. The number of thiophene rings is 1. The van der Waals surface area contributed by atoms with Crippen LogP contribution in [0.15, 0.2) is 28.0 Å². The summed E-state index contributed by atoms with van der Waals surface area (Å²) in [5.41, 5.74) is 1.29. The van der Waals surface area contributed by atoms with E-state index in [1.165, 1.54) is 29.8 Å². The summed E-state index contributed by atoms with van der Waals surface area (Å²) in [7, 11) is 0. The summed E-state index contributed by atoms with van der Waals surface area (Å²) in [6, 6.07) is 3.70. The van der Waals surface area contributed by atoms with Gasteiger partial charge in [0.25, 0.3) is 0 Å². The molecule has 1 aliphatic carbocycles. The Bertz CT molecular complexity index is 473. The van der Waals surface area contributed by atoms with Crippen LogP contribution in [-0.2, 0) is 4.79 Å². The third-order valence-electron chi connectivity index (χ3n) is 3.40. The highest BCUT2D eigenvalue weighted by molar-refractivity contribution is 7.83. The van der Waals surface area contributed by atoms with Crippen molar-refractivity contribution in [1.29, 1.82) is 0 Å². The fourth-order valence-corrected chi connectivity index (χ4v) is 3.32. The van der Waals surface area contributed by atoms with E-state index in [2.05, 4.69) is 23.3 Å². The number of rotatable bonds is 3. The van der Waals surface area contributed by atoms with Gasteiger partial charge in [-0.25, -0.2) is 0 Å². The van der Waals surface area contributed by atoms with Crippen LogP contribution in [-0.4, -0.2) is 25.5 Å². The minimum atomic E-state index is 0.105. The van der Waals surface area contributed by atoms with E-state index in [0.717, 1.165) is 46.9 Å². The van der Waals surface area contributed by atoms with Gasteiger partial charge in [-0.05, 0) is 56.8 Å². The molecule has 2 N–H and O–H groups in total. The summed E-state index contributed by atoms with van der Waals surface area (Å²) >= 11 is 11.0. The Kier molecular flexibility index (Phi) is 7.10. The van der Waals surface area contributed by atoms with Gasteiger partial charge in [0.1, 0.15) is 0 Å². The van der Waals surface area contributed by atoms with Gasteiger partial charge in [-0.3, -0.25) is 4.79 Å². The standard InChI is InChI=1S/C11H18N2O.C4H3ClS2/c14-11(13-8-10-1-2-10)7-9-3-5-12-6-4-9;5-3-1-2-4(6)7-3/h7,10,12H,1-6,8H2,(H,13,14);1-2,6H. The highest BCUT2D eigenvalue weighted by Crippen LogP contribution is 2.27. The zero-order valence-electron chi connectivity index (χ0n) is 11.9. The van der Waals surface area contributed by atoms with Gasteiger partial charge in [-0.1, -0.05) is 17.2 Å². The average molecular weight is 345 g/mol. The minimum Gasteiger partial charge on any atom is -0.352 e. The lowest BCUT2D eigenvalue weighted by atomic mass is 10.1. The van der Waals surface area contributed by atoms with E-state index in [4.69, 9.17) is 11.6 Å². The zero-order chi connectivity index (χ0) is 15.1. The summed E-state index contributed by atoms with van der Waals surface area (Å²) in [5, 5.41) is 6.23. The van der Waals surface area contributed by atoms with E-state index in [1.54, 1.807) is 6.08 Å². The number of carbonyl (C=O) groups is 1. The second-order valence-corrected chi connectivity index (χ2v) is 7.82. The van der Waals surface area contributed by atoms with Crippen molar-refractivity contribution in [2.75, 3.05) is 19.6 Å². The maximum atomic E-state index is 11.4. The summed E-state index contributed by atoms with van der Waals surface area (Å²) < 4.78 is 1.76. The molecule has 21 heavy (non-hydrogen) atoms. The number of halogens is 1. The van der Waals surface area contributed by atoms with Crippen LogP contribution in [0.3, 0.4) is 0 Å². The van der Waals surface area contributed by atoms with Crippen LogP contribution in [0.4, 0.5) is 0 Å². The van der Waals surface area contributed by atoms with Crippen molar-refractivity contribution in [3.8, 4) is 0 Å². The molecule has 6 heteroatoms. The first-order chi connectivity index (χ1) is 10.1. The van der Waals surface area contributed by atoms with E-state index >= 15 is 0 Å². The van der Waals surface area contributed by atoms with E-state index in [9.17, 15) is 4.79 Å². The van der Waals surface area contributed by atoms with Crippen molar-refractivity contribution in [2.24, 2.45) is 5.92 Å². The van der Waals surface area contributed by atoms with Crippen molar-refractivity contribution in [1.82, 2.24) is 10.6 Å². The van der Waals surface area contributed by atoms with Gasteiger partial charge in [-0.2, -0.15) is 0 Å². The number of piperidine rings is 1. The Morgan fingerprint density at radius 2 is 2.14 bits per heavy atom. The second kappa shape index (κ2) is 8.83. The van der Waals surface area contributed by atoms with Crippen LogP contribution in [0, 0.1) is 5.92 Å². The normalized spacial score (nSPS) is 17.7. The van der Waals surface area contributed by atoms with E-state index in [1.807, 2.05) is 12.1 Å². The summed E-state index contributed by atoms with van der Waals surface area (Å²) in [4.78, 5) is 11.4. The molecule has 1 amide bonds. The molecule has 1 aliphatic heterocycles. The highest BCUT2D eigenvalue weighted by Gasteiger charge is 2.21. The molecule has 0 radical (unpaired) electrons. The molecule has 0 aromatic carbocycles. The number of hydrogen-bond donors (Lipinski definition) is 3. The molecular weight excluding hydrogens is 324 g/mol. The lowest BCUT2D eigenvalue weighted by Crippen LogP contribution is -2.27. The fourth-order valence-electron chi connectivity index (χ4n) is 2.00. The van der Waals surface area contributed by atoms with E-state index in [-0.39, 0.29) is 5.91 Å². The number of carbonyl (C=O) groups excluding carboxylic acids is 1. The maximum absolute atomic E-state index is 11.4. The smallest absolute Gasteiger partial charge is 0.243 e. The van der Waals surface area contributed by atoms with Crippen molar-refractivity contribution in [2.45, 2.75) is 29.9 Å². The van der Waals surface area contributed by atoms with Gasteiger partial charge in [0, 0.05) is 12.6 Å². The molecule has 3 rings (SSSR count). The fraction of sp³-hybridized carbons (Fsp3) is 0.533. The minimum absolute atomic E-state index is 0.105. The topological polar surface area (TPSA) is 41.1 Å². The van der Waals surface area contributed by atoms with Crippen LogP contribution in [0.5, 0.6) is 0 Å². The van der Waals surface area contributed by atoms with Gasteiger partial charge < -0.3 is 10.6 Å². The predicted molar refractivity (Wildman–Crippen MR) is 92.5 cm³/mol. The van der Waals surface area contributed by atoms with Gasteiger partial charge in [0.15, 0.2) is 0 Å². The van der Waals surface area contributed by atoms with E-state index in [0.29, 0.717) is 0 Å². The van der Waals surface area contributed by atoms with Gasteiger partial charge in [-0.15, -0.1) is 24.0 Å². The molecular formula is C15H21ClN2OS2. The third kappa shape index (κ3) is 7.36. The third-order valence-corrected chi connectivity index (χ3v) is 4.86. The molecule has 2 heterocycles. The predicted octanol–water partition coefficient (Wildman–Crippen LogP) is 3.51. The van der Waals surface area contributed by atoms with Gasteiger partial charge >= 0.3 is 0 Å². The van der Waals surface area contributed by atoms with Crippen LogP contribution < -0.4 is 10.6 Å². The first-order valence-corrected chi connectivity index (χ1v) is 8.90. The first-order valence-electron chi connectivity index (χ1n) is 7.26. The number of nitrogens with one attached hydrogen (secondary N) is 2. The Balaban J connectivity index is 0.000000194. The Labute approximate surface area is 140 Å². The molecule has 1 aromatic heterocycles. The van der Waals surface area contributed by atoms with Crippen molar-refractivity contribution < 1.29 is 4.79 Å². The lowest BCUT2D eigenvalue weighted by Gasteiger charge is -2.14. The van der Waals surface area contributed by atoms with Crippen molar-refractivity contribution in [3.05, 3.63) is 28.1 Å². The molecule has 116 valence electrons. The molecule has 0 bridgehead atoms. The molecule has 0 unspecified atom stereocenters. The van der Waals surface area contributed by atoms with E-state index < -0.39 is 0 Å². The molecule has 0 atom stereocenters. The summed E-state index contributed by atoms with van der Waals surface area (Å²) in [6.07, 6.45) is 6.43. The Morgan fingerprint density at radius 1 is 1.43 bits per heavy atom. The SMILES string of the molecule is O=C(C=C1CCNCC1)NCC1CC1.Sc1ccc(Cl)s1. The number of thiol groups is 1. The highest BCUT2D eigenvalue weighted by atomic mass is 35.5. The van der Waals surface area contributed by atoms with Crippen LogP contribution >= 0.6 is 35.6 Å². The monoisotopic (exact) mass is 344 g/mol. The first kappa shape index (κ1) is 16.9. The Hall–Kier alpha value is -0.490. The average Bonchev–Trinajstić information content (AvgIpc) is 3.22. The van der Waals surface area contributed by atoms with Gasteiger partial charge in [0.2, 0.25) is 5.91 Å². The lowest BCUT2D eigenvalue weighted by molar-refractivity contribution is -0.116. The molecule has 3 nitrogen and oxygen atoms in total. The van der Waals surface area contributed by atoms with Crippen LogP contribution in [0.1, 0.15) is 25.7 Å². The van der Waals surface area contributed by atoms with Gasteiger partial charge in [0.05, 0.1) is 8.55 Å². The number of amides is 1. The maximum Gasteiger partial charge on any atom is 0.243 e. The molecule has 2 aliphatic rings. The molecule has 2 fully saturated rings. The number of hydrogen-bond acceptors (Lipinski definition) is 4. The van der Waals surface area contributed by atoms with Crippen molar-refractivity contribution in [3.63, 3.8) is 0 Å². The van der Waals surface area contributed by atoms with Crippen molar-refractivity contribution >= 4 is 41.5 Å². The molecule has 1 saturated heterocycles.